The van der Waals surface area contributed by atoms with E-state index in [-0.39, 0.29) is 19.1 Å². The van der Waals surface area contributed by atoms with Crippen LogP contribution in [0.4, 0.5) is 5.69 Å². The van der Waals surface area contributed by atoms with Crippen molar-refractivity contribution in [3.8, 4) is 11.8 Å². The van der Waals surface area contributed by atoms with E-state index in [4.69, 9.17) is 9.84 Å². The third-order valence-corrected chi connectivity index (χ3v) is 2.19. The van der Waals surface area contributed by atoms with Crippen molar-refractivity contribution >= 4 is 11.6 Å². The zero-order chi connectivity index (χ0) is 13.4. The predicted molar refractivity (Wildman–Crippen MR) is 70.3 cm³/mol. The summed E-state index contributed by atoms with van der Waals surface area (Å²) in [5, 5.41) is 11.4. The van der Waals surface area contributed by atoms with Gasteiger partial charge in [0.1, 0.15) is 13.2 Å². The van der Waals surface area contributed by atoms with E-state index in [1.54, 1.807) is 0 Å². The zero-order valence-corrected chi connectivity index (χ0v) is 10.6. The number of nitrogens with one attached hydrogen (secondary N) is 1. The Balaban J connectivity index is 2.85. The molecular formula is C14H17NO3. The van der Waals surface area contributed by atoms with E-state index < -0.39 is 0 Å². The molecule has 4 nitrogen and oxygen atoms in total. The van der Waals surface area contributed by atoms with E-state index in [9.17, 15) is 4.79 Å². The number of aliphatic hydroxyl groups excluding tert-OH is 1. The van der Waals surface area contributed by atoms with Gasteiger partial charge in [0.15, 0.2) is 0 Å². The molecule has 0 radical (unpaired) electrons. The Labute approximate surface area is 107 Å². The summed E-state index contributed by atoms with van der Waals surface area (Å²) < 4.78 is 5.03. The summed E-state index contributed by atoms with van der Waals surface area (Å²) in [5.41, 5.74) is 2.34. The highest BCUT2D eigenvalue weighted by Crippen LogP contribution is 2.16. The summed E-state index contributed by atoms with van der Waals surface area (Å²) >= 11 is 0. The van der Waals surface area contributed by atoms with Gasteiger partial charge in [-0.05, 0) is 31.5 Å². The van der Waals surface area contributed by atoms with Crippen LogP contribution in [0.3, 0.4) is 0 Å². The monoisotopic (exact) mass is 247 g/mol. The van der Waals surface area contributed by atoms with Gasteiger partial charge in [-0.1, -0.05) is 17.9 Å². The van der Waals surface area contributed by atoms with Crippen molar-refractivity contribution in [3.05, 3.63) is 29.3 Å². The quantitative estimate of drug-likeness (QED) is 0.789. The van der Waals surface area contributed by atoms with Gasteiger partial charge >= 0.3 is 0 Å². The maximum atomic E-state index is 11.6. The molecule has 1 aromatic rings. The van der Waals surface area contributed by atoms with Crippen LogP contribution in [0.2, 0.25) is 0 Å². The van der Waals surface area contributed by atoms with Gasteiger partial charge in [0.2, 0.25) is 5.91 Å². The lowest BCUT2D eigenvalue weighted by atomic mass is 10.1. The zero-order valence-electron chi connectivity index (χ0n) is 10.6. The number of hydrogen-bond acceptors (Lipinski definition) is 3. The number of carbonyl (C=O) groups is 1. The molecule has 0 aliphatic rings. The van der Waals surface area contributed by atoms with Crippen LogP contribution in [-0.2, 0) is 9.53 Å². The number of rotatable bonds is 4. The average Bonchev–Trinajstić information content (AvgIpc) is 2.35. The van der Waals surface area contributed by atoms with Crippen LogP contribution in [0.5, 0.6) is 0 Å². The second-order valence-electron chi connectivity index (χ2n) is 3.69. The minimum Gasteiger partial charge on any atom is -0.384 e. The van der Waals surface area contributed by atoms with Crippen LogP contribution in [0.15, 0.2) is 18.2 Å². The van der Waals surface area contributed by atoms with Crippen LogP contribution in [0, 0.1) is 18.8 Å². The molecule has 0 atom stereocenters. The van der Waals surface area contributed by atoms with Crippen LogP contribution in [0.25, 0.3) is 0 Å². The first-order valence-corrected chi connectivity index (χ1v) is 5.75. The topological polar surface area (TPSA) is 58.6 Å². The molecule has 1 rings (SSSR count). The minimum atomic E-state index is -0.213. The molecule has 2 N–H and O–H groups in total. The SMILES string of the molecule is CCOCC(=O)Nc1cc(C)ccc1C#CCO. The van der Waals surface area contributed by atoms with Gasteiger partial charge in [-0.15, -0.1) is 0 Å². The highest BCUT2D eigenvalue weighted by atomic mass is 16.5. The predicted octanol–water partition coefficient (Wildman–Crippen LogP) is 1.31. The van der Waals surface area contributed by atoms with E-state index >= 15 is 0 Å². The van der Waals surface area contributed by atoms with Crippen molar-refractivity contribution in [2.45, 2.75) is 13.8 Å². The number of hydrogen-bond donors (Lipinski definition) is 2. The Morgan fingerprint density at radius 3 is 2.94 bits per heavy atom. The van der Waals surface area contributed by atoms with Crippen molar-refractivity contribution in [2.75, 3.05) is 25.1 Å². The molecule has 4 heteroatoms. The largest absolute Gasteiger partial charge is 0.384 e. The molecule has 0 unspecified atom stereocenters. The molecule has 0 fully saturated rings. The number of carbonyl (C=O) groups excluding carboxylic acids is 1. The molecule has 0 aliphatic carbocycles. The maximum absolute atomic E-state index is 11.6. The standard InChI is InChI=1S/C14H17NO3/c1-3-18-10-14(17)15-13-9-11(2)6-7-12(13)5-4-8-16/h6-7,9,16H,3,8,10H2,1-2H3,(H,15,17). The fourth-order valence-corrected chi connectivity index (χ4v) is 1.39. The summed E-state index contributed by atoms with van der Waals surface area (Å²) in [7, 11) is 0. The fraction of sp³-hybridized carbons (Fsp3) is 0.357. The van der Waals surface area contributed by atoms with Gasteiger partial charge in [-0.25, -0.2) is 0 Å². The molecule has 0 saturated heterocycles. The van der Waals surface area contributed by atoms with E-state index in [2.05, 4.69) is 17.2 Å². The van der Waals surface area contributed by atoms with Crippen molar-refractivity contribution in [1.82, 2.24) is 0 Å². The van der Waals surface area contributed by atoms with E-state index in [1.165, 1.54) is 0 Å². The molecule has 0 bridgehead atoms. The van der Waals surface area contributed by atoms with Crippen molar-refractivity contribution in [1.29, 1.82) is 0 Å². The summed E-state index contributed by atoms with van der Waals surface area (Å²) in [4.78, 5) is 11.6. The summed E-state index contributed by atoms with van der Waals surface area (Å²) in [5.74, 6) is 5.15. The number of aliphatic hydroxyl groups is 1. The normalized spacial score (nSPS) is 9.50. The minimum absolute atomic E-state index is 0.0251. The highest BCUT2D eigenvalue weighted by molar-refractivity contribution is 5.93. The van der Waals surface area contributed by atoms with E-state index in [0.29, 0.717) is 17.9 Å². The Hall–Kier alpha value is -1.83. The lowest BCUT2D eigenvalue weighted by Crippen LogP contribution is -2.18. The number of benzene rings is 1. The molecule has 0 saturated carbocycles. The fourth-order valence-electron chi connectivity index (χ4n) is 1.39. The third kappa shape index (κ3) is 4.58. The molecule has 96 valence electrons. The molecule has 1 amide bonds. The van der Waals surface area contributed by atoms with Gasteiger partial charge in [0, 0.05) is 12.2 Å². The second-order valence-corrected chi connectivity index (χ2v) is 3.69. The molecule has 0 aromatic heterocycles. The van der Waals surface area contributed by atoms with Gasteiger partial charge in [-0.3, -0.25) is 4.79 Å². The summed E-state index contributed by atoms with van der Waals surface area (Å²) in [6.45, 7) is 4.08. The lowest BCUT2D eigenvalue weighted by Gasteiger charge is -2.08. The van der Waals surface area contributed by atoms with Crippen LogP contribution in [-0.4, -0.2) is 30.8 Å². The van der Waals surface area contributed by atoms with Crippen LogP contribution in [0.1, 0.15) is 18.1 Å². The molecule has 1 aromatic carbocycles. The first kappa shape index (κ1) is 14.2. The van der Waals surface area contributed by atoms with E-state index in [1.807, 2.05) is 32.0 Å². The smallest absolute Gasteiger partial charge is 0.250 e. The first-order valence-electron chi connectivity index (χ1n) is 5.75. The number of ether oxygens (including phenoxy) is 1. The molecule has 0 spiro atoms. The van der Waals surface area contributed by atoms with Gasteiger partial charge in [0.05, 0.1) is 5.69 Å². The molecular weight excluding hydrogens is 230 g/mol. The van der Waals surface area contributed by atoms with Crippen molar-refractivity contribution < 1.29 is 14.6 Å². The van der Waals surface area contributed by atoms with E-state index in [0.717, 1.165) is 5.56 Å². The van der Waals surface area contributed by atoms with Crippen LogP contribution < -0.4 is 5.32 Å². The lowest BCUT2D eigenvalue weighted by molar-refractivity contribution is -0.120. The molecule has 0 heterocycles. The van der Waals surface area contributed by atoms with Crippen LogP contribution >= 0.6 is 0 Å². The first-order chi connectivity index (χ1) is 8.67. The van der Waals surface area contributed by atoms with Crippen molar-refractivity contribution in [3.63, 3.8) is 0 Å². The molecule has 18 heavy (non-hydrogen) atoms. The summed E-state index contributed by atoms with van der Waals surface area (Å²) in [6, 6.07) is 5.55. The Kier molecular flexibility index (Phi) is 5.92. The van der Waals surface area contributed by atoms with Gasteiger partial charge in [-0.2, -0.15) is 0 Å². The number of anilines is 1. The Morgan fingerprint density at radius 1 is 1.50 bits per heavy atom. The summed E-state index contributed by atoms with van der Waals surface area (Å²) in [6.07, 6.45) is 0. The van der Waals surface area contributed by atoms with Gasteiger partial charge in [0.25, 0.3) is 0 Å². The average molecular weight is 247 g/mol. The van der Waals surface area contributed by atoms with Crippen molar-refractivity contribution in [2.24, 2.45) is 0 Å². The third-order valence-electron chi connectivity index (χ3n) is 2.19. The second kappa shape index (κ2) is 7.49. The number of amides is 1. The van der Waals surface area contributed by atoms with Gasteiger partial charge < -0.3 is 15.2 Å². The highest BCUT2D eigenvalue weighted by Gasteiger charge is 2.05. The Morgan fingerprint density at radius 2 is 2.28 bits per heavy atom. The Bertz CT molecular complexity index is 472. The number of aryl methyl sites for hydroxylation is 1. The maximum Gasteiger partial charge on any atom is 0.250 e. The molecule has 0 aliphatic heterocycles.